The number of aliphatic hydroxyl groups excluding tert-OH is 1. The fourth-order valence-electron chi connectivity index (χ4n) is 1.91. The van der Waals surface area contributed by atoms with Gasteiger partial charge in [0, 0.05) is 6.42 Å². The molecule has 0 aromatic rings. The minimum absolute atomic E-state index is 0.225. The second-order valence-corrected chi connectivity index (χ2v) is 5.63. The Kier molecular flexibility index (Phi) is 17.3. The Morgan fingerprint density at radius 1 is 1.00 bits per heavy atom. The molecule has 0 radical (unpaired) electrons. The van der Waals surface area contributed by atoms with E-state index in [0.717, 1.165) is 19.3 Å². The summed E-state index contributed by atoms with van der Waals surface area (Å²) in [5, 5.41) is 9.75. The molecule has 0 saturated carbocycles. The predicted octanol–water partition coefficient (Wildman–Crippen LogP) is 5.06. The Morgan fingerprint density at radius 3 is 2.50 bits per heavy atom. The zero-order chi connectivity index (χ0) is 19.3. The fourth-order valence-corrected chi connectivity index (χ4v) is 1.91. The van der Waals surface area contributed by atoms with Crippen LogP contribution < -0.4 is 0 Å². The zero-order valence-corrected chi connectivity index (χ0v) is 16.1. The van der Waals surface area contributed by atoms with Crippen LogP contribution in [0.2, 0.25) is 0 Å². The lowest BCUT2D eigenvalue weighted by Crippen LogP contribution is -2.00. The molecule has 0 rings (SSSR count). The number of aliphatic hydroxyl groups is 1. The number of hydrogen-bond acceptors (Lipinski definition) is 3. The smallest absolute Gasteiger partial charge is 0.305 e. The van der Waals surface area contributed by atoms with E-state index in [4.69, 9.17) is 0 Å². The molecule has 0 aromatic carbocycles. The number of hydrogen-bond donors (Lipinski definition) is 1. The zero-order valence-electron chi connectivity index (χ0n) is 16.1. The summed E-state index contributed by atoms with van der Waals surface area (Å²) in [6, 6.07) is 0. The van der Waals surface area contributed by atoms with Crippen LogP contribution in [0.15, 0.2) is 60.8 Å². The van der Waals surface area contributed by atoms with E-state index in [9.17, 15) is 9.90 Å². The van der Waals surface area contributed by atoms with E-state index in [1.807, 2.05) is 24.3 Å². The lowest BCUT2D eigenvalue weighted by Gasteiger charge is -1.99. The van der Waals surface area contributed by atoms with Crippen LogP contribution in [0.5, 0.6) is 0 Å². The molecule has 3 nitrogen and oxygen atoms in total. The molecule has 0 bridgehead atoms. The second kappa shape index (κ2) is 19.0. The Labute approximate surface area is 158 Å². The van der Waals surface area contributed by atoms with Gasteiger partial charge in [0.25, 0.3) is 0 Å². The maximum Gasteiger partial charge on any atom is 0.305 e. The number of rotatable bonds is 12. The van der Waals surface area contributed by atoms with E-state index in [-0.39, 0.29) is 5.97 Å². The van der Waals surface area contributed by atoms with Crippen molar-refractivity contribution < 1.29 is 14.6 Å². The van der Waals surface area contributed by atoms with Gasteiger partial charge in [0.2, 0.25) is 0 Å². The summed E-state index contributed by atoms with van der Waals surface area (Å²) in [5.74, 6) is 5.53. The van der Waals surface area contributed by atoms with Gasteiger partial charge < -0.3 is 9.84 Å². The summed E-state index contributed by atoms with van der Waals surface area (Å²) in [5.41, 5.74) is 0. The van der Waals surface area contributed by atoms with Gasteiger partial charge in [-0.25, -0.2) is 0 Å². The van der Waals surface area contributed by atoms with Gasteiger partial charge in [-0.1, -0.05) is 61.3 Å². The molecule has 142 valence electrons. The maximum absolute atomic E-state index is 10.9. The van der Waals surface area contributed by atoms with Crippen molar-refractivity contribution in [1.29, 1.82) is 0 Å². The SMILES string of the molecule is CC/C=C\CCC/C=C/C=C/C#C/C=C/C(O)C/C=C\CCC(=O)OC. The number of allylic oxidation sites excluding steroid dienone is 8. The standard InChI is InChI=1S/C23H32O3/c1-3-4-5-6-7-8-9-10-11-12-13-14-16-19-22(24)20-17-15-18-21-23(25)26-2/h4-5,9-12,15-17,19,22,24H,3,6-8,18,20-21H2,1-2H3/b5-4-,10-9+,12-11+,17-15-,19-16+. The van der Waals surface area contributed by atoms with Crippen LogP contribution in [-0.4, -0.2) is 24.3 Å². The van der Waals surface area contributed by atoms with E-state index >= 15 is 0 Å². The molecule has 26 heavy (non-hydrogen) atoms. The summed E-state index contributed by atoms with van der Waals surface area (Å²) in [7, 11) is 1.38. The van der Waals surface area contributed by atoms with Crippen LogP contribution in [0.3, 0.4) is 0 Å². The number of carbonyl (C=O) groups excluding carboxylic acids is 1. The van der Waals surface area contributed by atoms with Crippen LogP contribution in [0.1, 0.15) is 51.9 Å². The van der Waals surface area contributed by atoms with Crippen molar-refractivity contribution in [3.05, 3.63) is 60.8 Å². The van der Waals surface area contributed by atoms with Gasteiger partial charge in [0.15, 0.2) is 0 Å². The maximum atomic E-state index is 10.9. The largest absolute Gasteiger partial charge is 0.469 e. The van der Waals surface area contributed by atoms with Crippen molar-refractivity contribution in [2.45, 2.75) is 58.0 Å². The Balaban J connectivity index is 3.81. The van der Waals surface area contributed by atoms with Crippen molar-refractivity contribution in [3.63, 3.8) is 0 Å². The quantitative estimate of drug-likeness (QED) is 0.175. The number of unbranched alkanes of at least 4 members (excludes halogenated alkanes) is 2. The van der Waals surface area contributed by atoms with Crippen molar-refractivity contribution >= 4 is 5.97 Å². The summed E-state index contributed by atoms with van der Waals surface area (Å²) >= 11 is 0. The minimum atomic E-state index is -0.565. The molecule has 0 aliphatic rings. The van der Waals surface area contributed by atoms with E-state index in [0.29, 0.717) is 19.3 Å². The van der Waals surface area contributed by atoms with Gasteiger partial charge >= 0.3 is 5.97 Å². The first-order valence-corrected chi connectivity index (χ1v) is 9.25. The van der Waals surface area contributed by atoms with Gasteiger partial charge in [-0.2, -0.15) is 0 Å². The van der Waals surface area contributed by atoms with Crippen LogP contribution in [0, 0.1) is 11.8 Å². The molecule has 0 spiro atoms. The molecule has 0 saturated heterocycles. The lowest BCUT2D eigenvalue weighted by atomic mass is 10.2. The van der Waals surface area contributed by atoms with Crippen LogP contribution >= 0.6 is 0 Å². The predicted molar refractivity (Wildman–Crippen MR) is 109 cm³/mol. The Bertz CT molecular complexity index is 554. The third-order valence-corrected chi connectivity index (χ3v) is 3.34. The summed E-state index contributed by atoms with van der Waals surface area (Å²) in [6.07, 6.45) is 24.7. The molecule has 1 N–H and O–H groups in total. The number of methoxy groups -OCH3 is 1. The average molecular weight is 357 g/mol. The lowest BCUT2D eigenvalue weighted by molar-refractivity contribution is -0.140. The monoisotopic (exact) mass is 356 g/mol. The normalized spacial score (nSPS) is 13.2. The fraction of sp³-hybridized carbons (Fsp3) is 0.435. The van der Waals surface area contributed by atoms with E-state index in [1.165, 1.54) is 13.5 Å². The molecule has 0 fully saturated rings. The Hall–Kier alpha value is -2.31. The summed E-state index contributed by atoms with van der Waals surface area (Å²) < 4.78 is 4.55. The van der Waals surface area contributed by atoms with Crippen LogP contribution in [0.4, 0.5) is 0 Å². The molecule has 0 aromatic heterocycles. The van der Waals surface area contributed by atoms with E-state index < -0.39 is 6.10 Å². The Morgan fingerprint density at radius 2 is 1.73 bits per heavy atom. The topological polar surface area (TPSA) is 46.5 Å². The molecule has 1 atom stereocenters. The number of esters is 1. The van der Waals surface area contributed by atoms with E-state index in [1.54, 1.807) is 18.2 Å². The van der Waals surface area contributed by atoms with Gasteiger partial charge in [-0.05, 0) is 56.8 Å². The summed E-state index contributed by atoms with van der Waals surface area (Å²) in [4.78, 5) is 10.9. The highest BCUT2D eigenvalue weighted by atomic mass is 16.5. The molecule has 1 unspecified atom stereocenters. The third kappa shape index (κ3) is 18.0. The van der Waals surface area contributed by atoms with Crippen molar-refractivity contribution in [3.8, 4) is 11.8 Å². The van der Waals surface area contributed by atoms with Gasteiger partial charge in [0.05, 0.1) is 13.2 Å². The highest BCUT2D eigenvalue weighted by molar-refractivity contribution is 5.69. The minimum Gasteiger partial charge on any atom is -0.469 e. The average Bonchev–Trinajstić information content (AvgIpc) is 2.65. The van der Waals surface area contributed by atoms with Crippen LogP contribution in [0.25, 0.3) is 0 Å². The van der Waals surface area contributed by atoms with Gasteiger partial charge in [0.1, 0.15) is 0 Å². The first-order valence-electron chi connectivity index (χ1n) is 9.25. The third-order valence-electron chi connectivity index (χ3n) is 3.34. The van der Waals surface area contributed by atoms with Gasteiger partial charge in [-0.3, -0.25) is 4.79 Å². The van der Waals surface area contributed by atoms with Crippen molar-refractivity contribution in [2.75, 3.05) is 7.11 Å². The van der Waals surface area contributed by atoms with Crippen molar-refractivity contribution in [1.82, 2.24) is 0 Å². The summed E-state index contributed by atoms with van der Waals surface area (Å²) in [6.45, 7) is 2.14. The highest BCUT2D eigenvalue weighted by Gasteiger charge is 1.97. The second-order valence-electron chi connectivity index (χ2n) is 5.63. The van der Waals surface area contributed by atoms with Crippen molar-refractivity contribution in [2.24, 2.45) is 0 Å². The molecule has 0 heterocycles. The van der Waals surface area contributed by atoms with Gasteiger partial charge in [-0.15, -0.1) is 0 Å². The first-order chi connectivity index (χ1) is 12.7. The molecule has 0 amide bonds. The molecular formula is C23H32O3. The molecule has 0 aliphatic carbocycles. The number of ether oxygens (including phenoxy) is 1. The van der Waals surface area contributed by atoms with E-state index in [2.05, 4.69) is 41.7 Å². The molecule has 0 aliphatic heterocycles. The number of carbonyl (C=O) groups is 1. The molecular weight excluding hydrogens is 324 g/mol. The molecule has 3 heteroatoms. The van der Waals surface area contributed by atoms with Crippen LogP contribution in [-0.2, 0) is 9.53 Å². The highest BCUT2D eigenvalue weighted by Crippen LogP contribution is 2.00. The first kappa shape index (κ1) is 23.7.